The quantitative estimate of drug-likeness (QED) is 0.695. The van der Waals surface area contributed by atoms with Crippen LogP contribution in [0, 0.1) is 13.8 Å². The van der Waals surface area contributed by atoms with E-state index < -0.39 is 11.7 Å². The molecule has 0 bridgehead atoms. The van der Waals surface area contributed by atoms with Crippen molar-refractivity contribution in [2.24, 2.45) is 0 Å². The lowest BCUT2D eigenvalue weighted by atomic mass is 10.1. The zero-order chi connectivity index (χ0) is 17.5. The van der Waals surface area contributed by atoms with Gasteiger partial charge in [-0.1, -0.05) is 17.7 Å². The van der Waals surface area contributed by atoms with Crippen LogP contribution in [0.2, 0.25) is 0 Å². The Morgan fingerprint density at radius 1 is 1.04 bits per heavy atom. The summed E-state index contributed by atoms with van der Waals surface area (Å²) in [7, 11) is 0. The first-order valence-corrected chi connectivity index (χ1v) is 7.81. The van der Waals surface area contributed by atoms with E-state index in [-0.39, 0.29) is 11.6 Å². The highest BCUT2D eigenvalue weighted by molar-refractivity contribution is 6.34. The third-order valence-corrected chi connectivity index (χ3v) is 4.39. The van der Waals surface area contributed by atoms with E-state index in [1.807, 2.05) is 32.0 Å². The molecule has 1 aromatic heterocycles. The topological polar surface area (TPSA) is 8.17 Å². The third kappa shape index (κ3) is 3.08. The van der Waals surface area contributed by atoms with Gasteiger partial charge in [0.15, 0.2) is 0 Å². The molecule has 0 spiro atoms. The molecule has 0 radical (unpaired) electrons. The Bertz CT molecular complexity index is 817. The maximum Gasteiger partial charge on any atom is 0.414 e. The normalized spacial score (nSPS) is 15.8. The van der Waals surface area contributed by atoms with Crippen molar-refractivity contribution in [1.29, 1.82) is 0 Å². The number of halogens is 4. The van der Waals surface area contributed by atoms with E-state index in [0.29, 0.717) is 11.5 Å². The maximum atomic E-state index is 13.2. The van der Waals surface area contributed by atoms with Crippen LogP contribution in [0.4, 0.5) is 18.9 Å². The summed E-state index contributed by atoms with van der Waals surface area (Å²) in [4.78, 5) is 1.59. The molecule has 126 valence electrons. The summed E-state index contributed by atoms with van der Waals surface area (Å²) in [5, 5.41) is 0.0583. The van der Waals surface area contributed by atoms with E-state index in [1.165, 1.54) is 0 Å². The molecule has 2 aromatic rings. The van der Waals surface area contributed by atoms with Crippen molar-refractivity contribution in [1.82, 2.24) is 4.57 Å². The largest absolute Gasteiger partial charge is 0.414 e. The summed E-state index contributed by atoms with van der Waals surface area (Å²) in [5.74, 6) is 0.512. The Kier molecular flexibility index (Phi) is 4.22. The Morgan fingerprint density at radius 3 is 2.29 bits per heavy atom. The van der Waals surface area contributed by atoms with Gasteiger partial charge in [-0.3, -0.25) is 0 Å². The number of allylic oxidation sites excluding steroid dienone is 2. The van der Waals surface area contributed by atoms with E-state index in [1.54, 1.807) is 34.0 Å². The van der Waals surface area contributed by atoms with Crippen LogP contribution in [0.1, 0.15) is 11.1 Å². The van der Waals surface area contributed by atoms with E-state index >= 15 is 0 Å². The van der Waals surface area contributed by atoms with Gasteiger partial charge in [0.1, 0.15) is 5.82 Å². The van der Waals surface area contributed by atoms with Crippen molar-refractivity contribution in [3.63, 3.8) is 0 Å². The van der Waals surface area contributed by atoms with Gasteiger partial charge in [-0.05, 0) is 55.3 Å². The minimum atomic E-state index is -4.42. The van der Waals surface area contributed by atoms with E-state index in [4.69, 9.17) is 11.6 Å². The number of aromatic nitrogens is 1. The summed E-state index contributed by atoms with van der Waals surface area (Å²) >= 11 is 6.23. The summed E-state index contributed by atoms with van der Waals surface area (Å²) in [6.07, 6.45) is 0.116. The van der Waals surface area contributed by atoms with Gasteiger partial charge < -0.3 is 9.47 Å². The minimum absolute atomic E-state index is 0.0583. The van der Waals surface area contributed by atoms with Crippen LogP contribution in [0.3, 0.4) is 0 Å². The first-order chi connectivity index (χ1) is 11.3. The van der Waals surface area contributed by atoms with Gasteiger partial charge in [0.05, 0.1) is 17.2 Å². The molecule has 0 N–H and O–H groups in total. The minimum Gasteiger partial charge on any atom is -0.322 e. The van der Waals surface area contributed by atoms with Crippen LogP contribution in [-0.2, 0) is 0 Å². The Hall–Kier alpha value is -2.14. The predicted octanol–water partition coefficient (Wildman–Crippen LogP) is 5.48. The van der Waals surface area contributed by atoms with Gasteiger partial charge in [-0.2, -0.15) is 13.2 Å². The lowest BCUT2D eigenvalue weighted by molar-refractivity contribution is -0.0923. The number of hydrogen-bond donors (Lipinski definition) is 0. The molecule has 1 aliphatic rings. The lowest BCUT2D eigenvalue weighted by Gasteiger charge is -2.33. The highest BCUT2D eigenvalue weighted by Crippen LogP contribution is 2.38. The zero-order valence-electron chi connectivity index (χ0n) is 13.2. The highest BCUT2D eigenvalue weighted by atomic mass is 35.5. The molecule has 2 heterocycles. The smallest absolute Gasteiger partial charge is 0.322 e. The first kappa shape index (κ1) is 16.7. The monoisotopic (exact) mass is 352 g/mol. The van der Waals surface area contributed by atoms with Crippen LogP contribution in [-0.4, -0.2) is 17.3 Å². The molecule has 1 aliphatic heterocycles. The number of nitrogens with zero attached hydrogens (tertiary/aromatic N) is 2. The van der Waals surface area contributed by atoms with Crippen LogP contribution in [0.5, 0.6) is 0 Å². The molecule has 0 fully saturated rings. The second kappa shape index (κ2) is 6.06. The van der Waals surface area contributed by atoms with Crippen molar-refractivity contribution < 1.29 is 13.2 Å². The van der Waals surface area contributed by atoms with E-state index in [0.717, 1.165) is 17.2 Å². The fourth-order valence-corrected chi connectivity index (χ4v) is 2.99. The molecular weight excluding hydrogens is 337 g/mol. The number of alkyl halides is 3. The van der Waals surface area contributed by atoms with Gasteiger partial charge in [0.25, 0.3) is 0 Å². The summed E-state index contributed by atoms with van der Waals surface area (Å²) in [6.45, 7) is 3.62. The molecule has 0 saturated heterocycles. The number of aryl methyl sites for hydroxylation is 2. The van der Waals surface area contributed by atoms with Crippen LogP contribution >= 0.6 is 11.6 Å². The third-order valence-electron chi connectivity index (χ3n) is 4.11. The van der Waals surface area contributed by atoms with Crippen molar-refractivity contribution in [2.45, 2.75) is 20.0 Å². The van der Waals surface area contributed by atoms with Gasteiger partial charge in [0, 0.05) is 18.1 Å². The molecule has 3 rings (SSSR count). The highest BCUT2D eigenvalue weighted by Gasteiger charge is 2.38. The fourth-order valence-electron chi connectivity index (χ4n) is 2.65. The predicted molar refractivity (Wildman–Crippen MR) is 90.9 cm³/mol. The molecule has 0 amide bonds. The standard InChI is InChI=1S/C18H16ClF3N2/c1-12-5-6-15(9-13(12)2)24-11-14(18(20,21)22)10-16(19)17(24)23-7-3-4-8-23/h3-10H,11H2,1-2H3. The van der Waals surface area contributed by atoms with Crippen LogP contribution < -0.4 is 4.90 Å². The van der Waals surface area contributed by atoms with Crippen molar-refractivity contribution in [3.05, 3.63) is 70.5 Å². The zero-order valence-corrected chi connectivity index (χ0v) is 14.0. The maximum absolute atomic E-state index is 13.2. The molecule has 2 nitrogen and oxygen atoms in total. The molecule has 0 atom stereocenters. The van der Waals surface area contributed by atoms with Crippen LogP contribution in [0.15, 0.2) is 59.4 Å². The molecule has 24 heavy (non-hydrogen) atoms. The van der Waals surface area contributed by atoms with E-state index in [9.17, 15) is 13.2 Å². The summed E-state index contributed by atoms with van der Waals surface area (Å²) in [5.41, 5.74) is 2.11. The molecule has 6 heteroatoms. The van der Waals surface area contributed by atoms with E-state index in [2.05, 4.69) is 0 Å². The molecule has 0 unspecified atom stereocenters. The summed E-state index contributed by atoms with van der Waals surface area (Å²) < 4.78 is 41.4. The number of benzene rings is 1. The Balaban J connectivity index is 2.15. The fraction of sp³-hybridized carbons (Fsp3) is 0.222. The second-order valence-electron chi connectivity index (χ2n) is 5.78. The SMILES string of the molecule is Cc1ccc(N2CC(C(F)(F)F)=CC(Cl)=C2n2cccc2)cc1C. The van der Waals surface area contributed by atoms with Gasteiger partial charge in [-0.25, -0.2) is 0 Å². The molecular formula is C18H16ClF3N2. The van der Waals surface area contributed by atoms with Crippen molar-refractivity contribution >= 4 is 23.1 Å². The van der Waals surface area contributed by atoms with Gasteiger partial charge in [0.2, 0.25) is 0 Å². The Labute approximate surface area is 143 Å². The number of hydrogen-bond acceptors (Lipinski definition) is 1. The Morgan fingerprint density at radius 2 is 1.71 bits per heavy atom. The average molecular weight is 353 g/mol. The van der Waals surface area contributed by atoms with Crippen LogP contribution in [0.25, 0.3) is 5.82 Å². The second-order valence-corrected chi connectivity index (χ2v) is 6.19. The van der Waals surface area contributed by atoms with Gasteiger partial charge in [-0.15, -0.1) is 0 Å². The number of anilines is 1. The summed E-state index contributed by atoms with van der Waals surface area (Å²) in [6, 6.07) is 9.20. The lowest BCUT2D eigenvalue weighted by Crippen LogP contribution is -2.34. The molecule has 0 saturated carbocycles. The molecule has 1 aromatic carbocycles. The number of rotatable bonds is 2. The van der Waals surface area contributed by atoms with Gasteiger partial charge >= 0.3 is 6.18 Å². The van der Waals surface area contributed by atoms with Crippen molar-refractivity contribution in [3.8, 4) is 0 Å². The first-order valence-electron chi connectivity index (χ1n) is 7.43. The average Bonchev–Trinajstić information content (AvgIpc) is 3.02. The van der Waals surface area contributed by atoms with Crippen molar-refractivity contribution in [2.75, 3.05) is 11.4 Å². The molecule has 0 aliphatic carbocycles.